The molecule has 0 radical (unpaired) electrons. The topological polar surface area (TPSA) is 40.6 Å². The smallest absolute Gasteiger partial charge is 0.213 e. The second kappa shape index (κ2) is 4.81. The molecule has 0 bridgehead atoms. The lowest BCUT2D eigenvalue weighted by Crippen LogP contribution is -2.04. The normalized spacial score (nSPS) is 10.0. The molecular formula is C10H15NO3. The van der Waals surface area contributed by atoms with Crippen LogP contribution in [0.5, 0.6) is 11.6 Å². The van der Waals surface area contributed by atoms with Crippen LogP contribution < -0.4 is 9.47 Å². The van der Waals surface area contributed by atoms with Gasteiger partial charge < -0.3 is 14.2 Å². The lowest BCUT2D eigenvalue weighted by atomic mass is 10.2. The van der Waals surface area contributed by atoms with Crippen LogP contribution in [0.1, 0.15) is 11.3 Å². The third-order valence-electron chi connectivity index (χ3n) is 1.83. The molecule has 4 nitrogen and oxygen atoms in total. The Kier molecular flexibility index (Phi) is 3.71. The van der Waals surface area contributed by atoms with Crippen molar-refractivity contribution >= 4 is 0 Å². The van der Waals surface area contributed by atoms with E-state index >= 15 is 0 Å². The van der Waals surface area contributed by atoms with Crippen LogP contribution in [-0.4, -0.2) is 26.0 Å². The molecule has 1 heterocycles. The average molecular weight is 197 g/mol. The first-order chi connectivity index (χ1) is 6.69. The quantitative estimate of drug-likeness (QED) is 0.689. The summed E-state index contributed by atoms with van der Waals surface area (Å²) in [5, 5.41) is 0. The van der Waals surface area contributed by atoms with Crippen molar-refractivity contribution in [3.05, 3.63) is 17.3 Å². The fourth-order valence-corrected chi connectivity index (χ4v) is 1.23. The molecule has 0 spiro atoms. The SMILES string of the molecule is COCOc1c(C)cc(OC)nc1C. The molecule has 14 heavy (non-hydrogen) atoms. The maximum atomic E-state index is 5.38. The van der Waals surface area contributed by atoms with Crippen molar-refractivity contribution in [3.8, 4) is 11.6 Å². The molecule has 0 saturated heterocycles. The maximum Gasteiger partial charge on any atom is 0.213 e. The number of ether oxygens (including phenoxy) is 3. The van der Waals surface area contributed by atoms with E-state index in [1.807, 2.05) is 19.9 Å². The lowest BCUT2D eigenvalue weighted by Gasteiger charge is -2.11. The Bertz CT molecular complexity index is 289. The van der Waals surface area contributed by atoms with Crippen molar-refractivity contribution in [1.29, 1.82) is 0 Å². The molecule has 0 unspecified atom stereocenters. The summed E-state index contributed by atoms with van der Waals surface area (Å²) in [5.74, 6) is 1.36. The van der Waals surface area contributed by atoms with Crippen LogP contribution in [0.15, 0.2) is 6.07 Å². The lowest BCUT2D eigenvalue weighted by molar-refractivity contribution is 0.0497. The minimum atomic E-state index is 0.232. The Morgan fingerprint density at radius 1 is 1.29 bits per heavy atom. The molecule has 0 atom stereocenters. The number of aryl methyl sites for hydroxylation is 2. The second-order valence-corrected chi connectivity index (χ2v) is 2.95. The van der Waals surface area contributed by atoms with Gasteiger partial charge in [-0.25, -0.2) is 4.98 Å². The van der Waals surface area contributed by atoms with Gasteiger partial charge in [-0.05, 0) is 19.4 Å². The number of hydrogen-bond donors (Lipinski definition) is 0. The summed E-state index contributed by atoms with van der Waals surface area (Å²) in [6.07, 6.45) is 0. The molecule has 1 aromatic heterocycles. The van der Waals surface area contributed by atoms with Gasteiger partial charge in [0.05, 0.1) is 12.8 Å². The van der Waals surface area contributed by atoms with Crippen molar-refractivity contribution in [2.24, 2.45) is 0 Å². The zero-order valence-corrected chi connectivity index (χ0v) is 8.96. The van der Waals surface area contributed by atoms with E-state index in [-0.39, 0.29) is 6.79 Å². The Labute approximate surface area is 83.8 Å². The fourth-order valence-electron chi connectivity index (χ4n) is 1.23. The predicted octanol–water partition coefficient (Wildman–Crippen LogP) is 1.69. The number of nitrogens with zero attached hydrogens (tertiary/aromatic N) is 1. The van der Waals surface area contributed by atoms with E-state index in [0.29, 0.717) is 5.88 Å². The molecule has 0 amide bonds. The summed E-state index contributed by atoms with van der Waals surface area (Å²) in [5.41, 5.74) is 1.80. The summed E-state index contributed by atoms with van der Waals surface area (Å²) in [4.78, 5) is 4.20. The highest BCUT2D eigenvalue weighted by Gasteiger charge is 2.07. The molecule has 4 heteroatoms. The molecule has 0 saturated carbocycles. The number of methoxy groups -OCH3 is 2. The highest BCUT2D eigenvalue weighted by molar-refractivity contribution is 5.39. The van der Waals surface area contributed by atoms with Crippen molar-refractivity contribution in [1.82, 2.24) is 4.98 Å². The van der Waals surface area contributed by atoms with Gasteiger partial charge in [-0.2, -0.15) is 0 Å². The maximum absolute atomic E-state index is 5.38. The van der Waals surface area contributed by atoms with Crippen molar-refractivity contribution in [2.75, 3.05) is 21.0 Å². The Morgan fingerprint density at radius 3 is 2.50 bits per heavy atom. The van der Waals surface area contributed by atoms with Gasteiger partial charge in [-0.1, -0.05) is 0 Å². The number of aromatic nitrogens is 1. The highest BCUT2D eigenvalue weighted by atomic mass is 16.7. The standard InChI is InChI=1S/C10H15NO3/c1-7-5-9(13-4)11-8(2)10(7)14-6-12-3/h5H,6H2,1-4H3. The largest absolute Gasteiger partial charge is 0.481 e. The minimum absolute atomic E-state index is 0.232. The minimum Gasteiger partial charge on any atom is -0.481 e. The summed E-state index contributed by atoms with van der Waals surface area (Å²) < 4.78 is 15.2. The summed E-state index contributed by atoms with van der Waals surface area (Å²) >= 11 is 0. The van der Waals surface area contributed by atoms with Crippen molar-refractivity contribution in [2.45, 2.75) is 13.8 Å². The highest BCUT2D eigenvalue weighted by Crippen LogP contribution is 2.24. The molecule has 1 rings (SSSR count). The van der Waals surface area contributed by atoms with Crippen LogP contribution in [0.3, 0.4) is 0 Å². The van der Waals surface area contributed by atoms with Crippen LogP contribution in [0.2, 0.25) is 0 Å². The number of pyridine rings is 1. The average Bonchev–Trinajstić information content (AvgIpc) is 2.16. The first-order valence-corrected chi connectivity index (χ1v) is 4.33. The van der Waals surface area contributed by atoms with E-state index in [1.165, 1.54) is 0 Å². The number of hydrogen-bond acceptors (Lipinski definition) is 4. The summed E-state index contributed by atoms with van der Waals surface area (Å²) in [6.45, 7) is 4.05. The molecular weight excluding hydrogens is 182 g/mol. The zero-order chi connectivity index (χ0) is 10.6. The number of rotatable bonds is 4. The van der Waals surface area contributed by atoms with Gasteiger partial charge in [-0.15, -0.1) is 0 Å². The third kappa shape index (κ3) is 2.35. The summed E-state index contributed by atoms with van der Waals surface area (Å²) in [7, 11) is 3.18. The molecule has 0 aliphatic carbocycles. The molecule has 1 aromatic rings. The van der Waals surface area contributed by atoms with Gasteiger partial charge in [-0.3, -0.25) is 0 Å². The van der Waals surface area contributed by atoms with Gasteiger partial charge in [0.2, 0.25) is 5.88 Å². The van der Waals surface area contributed by atoms with E-state index < -0.39 is 0 Å². The third-order valence-corrected chi connectivity index (χ3v) is 1.83. The van der Waals surface area contributed by atoms with E-state index in [4.69, 9.17) is 14.2 Å². The molecule has 0 aliphatic rings. The molecule has 0 fully saturated rings. The van der Waals surface area contributed by atoms with E-state index in [0.717, 1.165) is 17.0 Å². The van der Waals surface area contributed by atoms with Crippen LogP contribution >= 0.6 is 0 Å². The van der Waals surface area contributed by atoms with Gasteiger partial charge in [0.15, 0.2) is 6.79 Å². The van der Waals surface area contributed by atoms with E-state index in [9.17, 15) is 0 Å². The Morgan fingerprint density at radius 2 is 2.00 bits per heavy atom. The molecule has 0 aliphatic heterocycles. The second-order valence-electron chi connectivity index (χ2n) is 2.95. The monoisotopic (exact) mass is 197 g/mol. The van der Waals surface area contributed by atoms with E-state index in [2.05, 4.69) is 4.98 Å². The molecule has 0 aromatic carbocycles. The predicted molar refractivity (Wildman–Crippen MR) is 52.8 cm³/mol. The molecule has 0 N–H and O–H groups in total. The van der Waals surface area contributed by atoms with Crippen molar-refractivity contribution in [3.63, 3.8) is 0 Å². The van der Waals surface area contributed by atoms with Crippen LogP contribution in [0.25, 0.3) is 0 Å². The summed E-state index contributed by atoms with van der Waals surface area (Å²) in [6, 6.07) is 1.83. The Hall–Kier alpha value is -1.29. The van der Waals surface area contributed by atoms with Gasteiger partial charge in [0, 0.05) is 13.2 Å². The first-order valence-electron chi connectivity index (χ1n) is 4.33. The Balaban J connectivity index is 2.93. The first kappa shape index (κ1) is 10.8. The fraction of sp³-hybridized carbons (Fsp3) is 0.500. The van der Waals surface area contributed by atoms with Gasteiger partial charge in [0.25, 0.3) is 0 Å². The zero-order valence-electron chi connectivity index (χ0n) is 8.96. The van der Waals surface area contributed by atoms with Gasteiger partial charge >= 0.3 is 0 Å². The van der Waals surface area contributed by atoms with Crippen LogP contribution in [0.4, 0.5) is 0 Å². The van der Waals surface area contributed by atoms with E-state index in [1.54, 1.807) is 14.2 Å². The molecule has 78 valence electrons. The van der Waals surface area contributed by atoms with Crippen LogP contribution in [-0.2, 0) is 4.74 Å². The van der Waals surface area contributed by atoms with Crippen LogP contribution in [0, 0.1) is 13.8 Å². The van der Waals surface area contributed by atoms with Gasteiger partial charge in [0.1, 0.15) is 5.75 Å². The van der Waals surface area contributed by atoms with Crippen molar-refractivity contribution < 1.29 is 14.2 Å².